The Kier molecular flexibility index (Phi) is 4.69. The molecule has 0 aromatic carbocycles. The van der Waals surface area contributed by atoms with Crippen LogP contribution in [0.1, 0.15) is 64.2 Å². The van der Waals surface area contributed by atoms with Gasteiger partial charge in [0.2, 0.25) is 5.24 Å². The van der Waals surface area contributed by atoms with Crippen LogP contribution in [0.5, 0.6) is 0 Å². The summed E-state index contributed by atoms with van der Waals surface area (Å²) in [7, 11) is 0. The van der Waals surface area contributed by atoms with Crippen LogP contribution in [-0.2, 0) is 4.79 Å². The third kappa shape index (κ3) is 3.48. The van der Waals surface area contributed by atoms with Crippen molar-refractivity contribution in [1.82, 2.24) is 0 Å². The summed E-state index contributed by atoms with van der Waals surface area (Å²) in [6.45, 7) is 0. The largest absolute Gasteiger partial charge is 0.281 e. The Hall–Kier alpha value is -0.0400. The van der Waals surface area contributed by atoms with Gasteiger partial charge in [-0.3, -0.25) is 4.79 Å². The molecule has 2 aliphatic carbocycles. The van der Waals surface area contributed by atoms with Crippen molar-refractivity contribution in [3.05, 3.63) is 0 Å². The Morgan fingerprint density at radius 2 is 1.44 bits per heavy atom. The lowest BCUT2D eigenvalue weighted by atomic mass is 9.70. The summed E-state index contributed by atoms with van der Waals surface area (Å²) in [6, 6.07) is 0. The van der Waals surface area contributed by atoms with Gasteiger partial charge in [0, 0.05) is 6.42 Å². The number of halogens is 1. The van der Waals surface area contributed by atoms with Gasteiger partial charge in [0.1, 0.15) is 0 Å². The predicted molar refractivity (Wildman–Crippen MR) is 67.5 cm³/mol. The summed E-state index contributed by atoms with van der Waals surface area (Å²) >= 11 is 5.46. The van der Waals surface area contributed by atoms with E-state index in [1.165, 1.54) is 57.8 Å². The van der Waals surface area contributed by atoms with Crippen LogP contribution in [0.2, 0.25) is 0 Å². The summed E-state index contributed by atoms with van der Waals surface area (Å²) in [5.74, 6) is 2.55. The van der Waals surface area contributed by atoms with Crippen LogP contribution in [0.4, 0.5) is 0 Å². The summed E-state index contributed by atoms with van der Waals surface area (Å²) in [5.41, 5.74) is 0. The van der Waals surface area contributed by atoms with E-state index in [0.717, 1.165) is 11.8 Å². The molecule has 0 heterocycles. The van der Waals surface area contributed by atoms with E-state index in [1.54, 1.807) is 0 Å². The van der Waals surface area contributed by atoms with E-state index < -0.39 is 0 Å². The quantitative estimate of drug-likeness (QED) is 0.665. The zero-order valence-electron chi connectivity index (χ0n) is 10.1. The Labute approximate surface area is 104 Å². The molecule has 2 fully saturated rings. The number of carbonyl (C=O) groups is 1. The second-order valence-electron chi connectivity index (χ2n) is 5.74. The molecular weight excluding hydrogens is 220 g/mol. The van der Waals surface area contributed by atoms with E-state index in [2.05, 4.69) is 0 Å². The molecule has 0 unspecified atom stereocenters. The summed E-state index contributed by atoms with van der Waals surface area (Å²) in [6.07, 6.45) is 13.0. The van der Waals surface area contributed by atoms with E-state index in [1.807, 2.05) is 0 Å². The summed E-state index contributed by atoms with van der Waals surface area (Å²) < 4.78 is 0. The maximum Gasteiger partial charge on any atom is 0.221 e. The smallest absolute Gasteiger partial charge is 0.221 e. The third-order valence-corrected chi connectivity index (χ3v) is 4.81. The molecule has 2 saturated carbocycles. The minimum absolute atomic E-state index is 0.138. The topological polar surface area (TPSA) is 17.1 Å². The molecule has 2 rings (SSSR count). The molecule has 0 spiro atoms. The van der Waals surface area contributed by atoms with Gasteiger partial charge in [-0.15, -0.1) is 0 Å². The molecule has 2 heteroatoms. The summed E-state index contributed by atoms with van der Waals surface area (Å²) in [4.78, 5) is 10.9. The first kappa shape index (κ1) is 12.4. The first-order chi connectivity index (χ1) is 7.75. The lowest BCUT2D eigenvalue weighted by Gasteiger charge is -2.35. The van der Waals surface area contributed by atoms with Crippen molar-refractivity contribution < 1.29 is 4.79 Å². The van der Waals surface area contributed by atoms with Gasteiger partial charge in [-0.25, -0.2) is 0 Å². The standard InChI is InChI=1S/C14H23ClO/c15-14(16)10-11-6-8-13(9-7-11)12-4-2-1-3-5-12/h11-13H,1-10H2/t11-,13-. The van der Waals surface area contributed by atoms with Crippen LogP contribution < -0.4 is 0 Å². The fourth-order valence-electron chi connectivity index (χ4n) is 3.70. The second-order valence-corrected chi connectivity index (χ2v) is 6.16. The molecule has 0 radical (unpaired) electrons. The molecule has 0 saturated heterocycles. The molecule has 0 aromatic rings. The minimum Gasteiger partial charge on any atom is -0.281 e. The Morgan fingerprint density at radius 3 is 2.00 bits per heavy atom. The highest BCUT2D eigenvalue weighted by molar-refractivity contribution is 6.63. The number of hydrogen-bond donors (Lipinski definition) is 0. The molecule has 2 aliphatic rings. The van der Waals surface area contributed by atoms with Gasteiger partial charge in [0.25, 0.3) is 0 Å². The molecule has 16 heavy (non-hydrogen) atoms. The Balaban J connectivity index is 1.73. The molecule has 0 atom stereocenters. The highest BCUT2D eigenvalue weighted by Crippen LogP contribution is 2.40. The van der Waals surface area contributed by atoms with Crippen molar-refractivity contribution in [3.8, 4) is 0 Å². The Bertz CT molecular complexity index is 225. The molecular formula is C14H23ClO. The molecule has 0 amide bonds. The van der Waals surface area contributed by atoms with Gasteiger partial charge in [0.05, 0.1) is 0 Å². The van der Waals surface area contributed by atoms with Gasteiger partial charge in [-0.05, 0) is 55.0 Å². The predicted octanol–water partition coefficient (Wildman–Crippen LogP) is 4.53. The van der Waals surface area contributed by atoms with Crippen molar-refractivity contribution >= 4 is 16.8 Å². The van der Waals surface area contributed by atoms with E-state index in [-0.39, 0.29) is 5.24 Å². The van der Waals surface area contributed by atoms with Gasteiger partial charge in [-0.1, -0.05) is 32.1 Å². The first-order valence-electron chi connectivity index (χ1n) is 6.94. The maximum atomic E-state index is 10.9. The molecule has 0 N–H and O–H groups in total. The normalized spacial score (nSPS) is 32.6. The van der Waals surface area contributed by atoms with E-state index in [9.17, 15) is 4.79 Å². The van der Waals surface area contributed by atoms with Crippen molar-refractivity contribution in [2.75, 3.05) is 0 Å². The first-order valence-corrected chi connectivity index (χ1v) is 7.32. The highest BCUT2D eigenvalue weighted by atomic mass is 35.5. The number of hydrogen-bond acceptors (Lipinski definition) is 1. The summed E-state index contributed by atoms with van der Waals surface area (Å²) in [5, 5.41) is -0.138. The SMILES string of the molecule is O=C(Cl)C[C@H]1CC[C@H](C2CCCCC2)CC1. The zero-order chi connectivity index (χ0) is 11.4. The third-order valence-electron chi connectivity index (χ3n) is 4.66. The van der Waals surface area contributed by atoms with Crippen LogP contribution in [0.15, 0.2) is 0 Å². The Morgan fingerprint density at radius 1 is 0.875 bits per heavy atom. The van der Waals surface area contributed by atoms with Crippen LogP contribution in [0.3, 0.4) is 0 Å². The maximum absolute atomic E-state index is 10.9. The fraction of sp³-hybridized carbons (Fsp3) is 0.929. The number of carbonyl (C=O) groups excluding carboxylic acids is 1. The van der Waals surface area contributed by atoms with Crippen molar-refractivity contribution in [3.63, 3.8) is 0 Å². The number of rotatable bonds is 3. The van der Waals surface area contributed by atoms with Gasteiger partial charge in [-0.2, -0.15) is 0 Å². The van der Waals surface area contributed by atoms with Crippen LogP contribution in [0, 0.1) is 17.8 Å². The molecule has 0 aliphatic heterocycles. The molecule has 92 valence electrons. The van der Waals surface area contributed by atoms with E-state index in [0.29, 0.717) is 12.3 Å². The molecule has 1 nitrogen and oxygen atoms in total. The van der Waals surface area contributed by atoms with Gasteiger partial charge < -0.3 is 0 Å². The fourth-order valence-corrected chi connectivity index (χ4v) is 3.91. The van der Waals surface area contributed by atoms with Gasteiger partial charge in [0.15, 0.2) is 0 Å². The highest BCUT2D eigenvalue weighted by Gasteiger charge is 2.28. The lowest BCUT2D eigenvalue weighted by molar-refractivity contribution is -0.112. The van der Waals surface area contributed by atoms with E-state index in [4.69, 9.17) is 11.6 Å². The van der Waals surface area contributed by atoms with Gasteiger partial charge >= 0.3 is 0 Å². The molecule has 0 bridgehead atoms. The van der Waals surface area contributed by atoms with Crippen molar-refractivity contribution in [2.45, 2.75) is 64.2 Å². The second kappa shape index (κ2) is 6.05. The molecule has 0 aromatic heterocycles. The van der Waals surface area contributed by atoms with Crippen LogP contribution >= 0.6 is 11.6 Å². The monoisotopic (exact) mass is 242 g/mol. The zero-order valence-corrected chi connectivity index (χ0v) is 10.8. The average Bonchev–Trinajstić information content (AvgIpc) is 2.30. The lowest BCUT2D eigenvalue weighted by Crippen LogP contribution is -2.24. The minimum atomic E-state index is -0.138. The average molecular weight is 243 g/mol. The van der Waals surface area contributed by atoms with Crippen LogP contribution in [-0.4, -0.2) is 5.24 Å². The van der Waals surface area contributed by atoms with Crippen molar-refractivity contribution in [2.24, 2.45) is 17.8 Å². The van der Waals surface area contributed by atoms with Crippen LogP contribution in [0.25, 0.3) is 0 Å². The van der Waals surface area contributed by atoms with E-state index >= 15 is 0 Å². The van der Waals surface area contributed by atoms with Crippen molar-refractivity contribution in [1.29, 1.82) is 0 Å².